The molecule has 0 fully saturated rings. The van der Waals surface area contributed by atoms with E-state index in [1.54, 1.807) is 11.3 Å². The van der Waals surface area contributed by atoms with Crippen LogP contribution in [0.25, 0.3) is 47.5 Å². The maximum absolute atomic E-state index is 13.2. The molecule has 0 N–H and O–H groups in total. The van der Waals surface area contributed by atoms with E-state index in [-0.39, 0.29) is 5.56 Å². The van der Waals surface area contributed by atoms with Crippen LogP contribution in [0.1, 0.15) is 0 Å². The summed E-state index contributed by atoms with van der Waals surface area (Å²) in [4.78, 5) is 13.2. The summed E-state index contributed by atoms with van der Waals surface area (Å²) in [6, 6.07) is 22.7. The molecule has 4 aromatic rings. The van der Waals surface area contributed by atoms with Gasteiger partial charge in [-0.05, 0) is 29.0 Å². The Hall–Kier alpha value is -2.91. The molecule has 2 aliphatic rings. The Morgan fingerprint density at radius 2 is 1.42 bits per heavy atom. The van der Waals surface area contributed by atoms with Crippen molar-refractivity contribution in [2.45, 2.75) is 0 Å². The van der Waals surface area contributed by atoms with Crippen LogP contribution >= 0.6 is 11.3 Å². The van der Waals surface area contributed by atoms with Crippen molar-refractivity contribution in [2.24, 2.45) is 0 Å². The van der Waals surface area contributed by atoms with Crippen molar-refractivity contribution in [1.82, 2.24) is 4.57 Å². The van der Waals surface area contributed by atoms with Gasteiger partial charge in [0.05, 0.1) is 26.0 Å². The van der Waals surface area contributed by atoms with E-state index in [2.05, 4.69) is 36.4 Å². The fraction of sp³-hybridized carbons (Fsp3) is 0. The molecule has 0 aliphatic carbocycles. The third-order valence-corrected chi connectivity index (χ3v) is 6.14. The van der Waals surface area contributed by atoms with Crippen LogP contribution in [0.3, 0.4) is 0 Å². The van der Waals surface area contributed by atoms with Gasteiger partial charge in [0.25, 0.3) is 5.56 Å². The number of benzene rings is 4. The minimum Gasteiger partial charge on any atom is -0.273 e. The smallest absolute Gasteiger partial charge is 0.263 e. The molecule has 0 radical (unpaired) electrons. The molecule has 4 aromatic carbocycles. The van der Waals surface area contributed by atoms with E-state index in [0.717, 1.165) is 32.1 Å². The molecular weight excluding hydrogens is 314 g/mol. The van der Waals surface area contributed by atoms with Crippen molar-refractivity contribution < 1.29 is 0 Å². The number of fused-ring (bicyclic) bond motifs is 5. The highest BCUT2D eigenvalue weighted by atomic mass is 32.1. The summed E-state index contributed by atoms with van der Waals surface area (Å²) in [5.41, 5.74) is 2.14. The van der Waals surface area contributed by atoms with Gasteiger partial charge in [-0.3, -0.25) is 9.36 Å². The van der Waals surface area contributed by atoms with Gasteiger partial charge in [-0.25, -0.2) is 0 Å². The Morgan fingerprint density at radius 3 is 2.33 bits per heavy atom. The summed E-state index contributed by atoms with van der Waals surface area (Å²) >= 11 is 1.77. The second-order valence-electron chi connectivity index (χ2n) is 6.16. The minimum atomic E-state index is 0.0832. The van der Waals surface area contributed by atoms with Crippen molar-refractivity contribution in [3.8, 4) is 5.69 Å². The monoisotopic (exact) mass is 325 g/mol. The zero-order chi connectivity index (χ0) is 15.8. The lowest BCUT2D eigenvalue weighted by molar-refractivity contribution is 1.11. The van der Waals surface area contributed by atoms with E-state index in [0.29, 0.717) is 0 Å². The molecule has 0 amide bonds. The van der Waals surface area contributed by atoms with Crippen LogP contribution in [0.4, 0.5) is 0 Å². The lowest BCUT2D eigenvalue weighted by Gasteiger charge is -2.15. The molecule has 112 valence electrons. The molecule has 0 spiro atoms. The number of aromatic nitrogens is 1. The molecule has 3 heteroatoms. The summed E-state index contributed by atoms with van der Waals surface area (Å²) in [7, 11) is 0. The van der Waals surface area contributed by atoms with Crippen LogP contribution < -0.4 is 5.56 Å². The third kappa shape index (κ3) is 1.31. The van der Waals surface area contributed by atoms with Gasteiger partial charge < -0.3 is 0 Å². The first-order chi connectivity index (χ1) is 11.8. The zero-order valence-corrected chi connectivity index (χ0v) is 13.4. The van der Waals surface area contributed by atoms with Crippen LogP contribution in [-0.4, -0.2) is 4.57 Å². The van der Waals surface area contributed by atoms with Crippen molar-refractivity contribution >= 4 is 53.2 Å². The average molecular weight is 325 g/mol. The largest absolute Gasteiger partial charge is 0.273 e. The van der Waals surface area contributed by atoms with E-state index in [1.165, 1.54) is 15.5 Å². The maximum Gasteiger partial charge on any atom is 0.263 e. The molecule has 2 heterocycles. The molecule has 6 rings (SSSR count). The lowest BCUT2D eigenvalue weighted by Crippen LogP contribution is -2.12. The van der Waals surface area contributed by atoms with E-state index in [4.69, 9.17) is 0 Å². The summed E-state index contributed by atoms with van der Waals surface area (Å²) in [5.74, 6) is 0. The van der Waals surface area contributed by atoms with Gasteiger partial charge in [0, 0.05) is 10.8 Å². The van der Waals surface area contributed by atoms with Gasteiger partial charge in [-0.15, -0.1) is 11.3 Å². The van der Waals surface area contributed by atoms with Crippen molar-refractivity contribution in [2.75, 3.05) is 0 Å². The molecule has 0 saturated heterocycles. The normalized spacial score (nSPS) is 12.3. The maximum atomic E-state index is 13.2. The highest BCUT2D eigenvalue weighted by molar-refractivity contribution is 7.25. The van der Waals surface area contributed by atoms with Gasteiger partial charge >= 0.3 is 0 Å². The molecule has 0 unspecified atom stereocenters. The topological polar surface area (TPSA) is 22.0 Å². The highest BCUT2D eigenvalue weighted by Crippen LogP contribution is 2.43. The number of nitrogens with zero attached hydrogens (tertiary/aromatic N) is 1. The molecular formula is C21H11NOS. The second-order valence-corrected chi connectivity index (χ2v) is 7.21. The Labute approximate surface area is 140 Å². The second kappa shape index (κ2) is 4.13. The minimum absolute atomic E-state index is 0.0832. The Morgan fingerprint density at radius 1 is 0.708 bits per heavy atom. The SMILES string of the molecule is O=c1c2cccc3c4ccccc4c4sc5ccccc5n1-c4c23. The number of para-hydroxylation sites is 1. The van der Waals surface area contributed by atoms with Crippen LogP contribution in [0.2, 0.25) is 0 Å². The molecule has 0 saturated carbocycles. The molecule has 24 heavy (non-hydrogen) atoms. The van der Waals surface area contributed by atoms with Crippen LogP contribution in [0, 0.1) is 0 Å². The van der Waals surface area contributed by atoms with Crippen LogP contribution in [0.5, 0.6) is 0 Å². The van der Waals surface area contributed by atoms with Gasteiger partial charge in [0.2, 0.25) is 0 Å². The molecule has 2 aliphatic heterocycles. The summed E-state index contributed by atoms with van der Waals surface area (Å²) in [5, 5.41) is 5.51. The first-order valence-corrected chi connectivity index (χ1v) is 8.75. The standard InChI is InChI=1S/C21H11NOS/c23-21-15-9-5-8-13-12-6-1-2-7-14(12)20-19(18(13)15)22(21)16-10-3-4-11-17(16)24-20/h1-11H. The quantitative estimate of drug-likeness (QED) is 0.271. The number of hydrogen-bond donors (Lipinski definition) is 0. The van der Waals surface area contributed by atoms with Gasteiger partial charge in [0.15, 0.2) is 0 Å². The predicted molar refractivity (Wildman–Crippen MR) is 102 cm³/mol. The summed E-state index contributed by atoms with van der Waals surface area (Å²) in [6.07, 6.45) is 0. The van der Waals surface area contributed by atoms with Crippen LogP contribution in [-0.2, 0) is 0 Å². The molecule has 0 bridgehead atoms. The van der Waals surface area contributed by atoms with E-state index in [9.17, 15) is 4.79 Å². The number of rotatable bonds is 0. The molecule has 2 nitrogen and oxygen atoms in total. The molecule has 0 aromatic heterocycles. The Balaban J connectivity index is 2.13. The van der Waals surface area contributed by atoms with Gasteiger partial charge in [-0.2, -0.15) is 0 Å². The fourth-order valence-corrected chi connectivity index (χ4v) is 5.18. The first-order valence-electron chi connectivity index (χ1n) is 7.93. The Bertz CT molecular complexity index is 1420. The summed E-state index contributed by atoms with van der Waals surface area (Å²) in [6.45, 7) is 0. The van der Waals surface area contributed by atoms with Gasteiger partial charge in [0.1, 0.15) is 0 Å². The highest BCUT2D eigenvalue weighted by Gasteiger charge is 2.24. The van der Waals surface area contributed by atoms with Crippen molar-refractivity contribution in [1.29, 1.82) is 0 Å². The van der Waals surface area contributed by atoms with E-state index >= 15 is 0 Å². The fourth-order valence-electron chi connectivity index (χ4n) is 3.97. The zero-order valence-electron chi connectivity index (χ0n) is 12.6. The summed E-state index contributed by atoms with van der Waals surface area (Å²) < 4.78 is 4.23. The first kappa shape index (κ1) is 12.5. The van der Waals surface area contributed by atoms with E-state index in [1.807, 2.05) is 34.9 Å². The van der Waals surface area contributed by atoms with E-state index < -0.39 is 0 Å². The third-order valence-electron chi connectivity index (χ3n) is 4.95. The average Bonchev–Trinajstić information content (AvgIpc) is 2.95. The Kier molecular flexibility index (Phi) is 2.15. The van der Waals surface area contributed by atoms with Crippen molar-refractivity contribution in [3.63, 3.8) is 0 Å². The van der Waals surface area contributed by atoms with Crippen LogP contribution in [0.15, 0.2) is 71.5 Å². The lowest BCUT2D eigenvalue weighted by atomic mass is 9.99. The van der Waals surface area contributed by atoms with Gasteiger partial charge in [-0.1, -0.05) is 48.5 Å². The number of hydrogen-bond acceptors (Lipinski definition) is 2. The van der Waals surface area contributed by atoms with Crippen molar-refractivity contribution in [3.05, 3.63) is 77.1 Å². The molecule has 0 atom stereocenters. The predicted octanol–water partition coefficient (Wildman–Crippen LogP) is 5.39.